The van der Waals surface area contributed by atoms with E-state index in [0.29, 0.717) is 6.04 Å². The van der Waals surface area contributed by atoms with Crippen molar-refractivity contribution in [1.29, 1.82) is 0 Å². The molecule has 0 aliphatic carbocycles. The number of nitrogens with zero attached hydrogens (tertiary/aromatic N) is 1. The van der Waals surface area contributed by atoms with Crippen LogP contribution in [0.3, 0.4) is 0 Å². The van der Waals surface area contributed by atoms with Crippen molar-refractivity contribution in [1.82, 2.24) is 10.2 Å². The van der Waals surface area contributed by atoms with Gasteiger partial charge >= 0.3 is 0 Å². The molecular formula is C10H16N2O. The zero-order chi connectivity index (χ0) is 9.10. The molecule has 13 heavy (non-hydrogen) atoms. The summed E-state index contributed by atoms with van der Waals surface area (Å²) in [6.45, 7) is 3.21. The largest absolute Gasteiger partial charge is 0.468 e. The third-order valence-electron chi connectivity index (χ3n) is 2.54. The second kappa shape index (κ2) is 3.94. The Hall–Kier alpha value is -0.800. The molecule has 1 aromatic rings. The molecule has 0 bridgehead atoms. The van der Waals surface area contributed by atoms with Gasteiger partial charge < -0.3 is 14.6 Å². The predicted molar refractivity (Wildman–Crippen MR) is 51.4 cm³/mol. The van der Waals surface area contributed by atoms with Crippen LogP contribution in [0.1, 0.15) is 12.2 Å². The smallest absolute Gasteiger partial charge is 0.117 e. The van der Waals surface area contributed by atoms with Gasteiger partial charge in [-0.1, -0.05) is 0 Å². The molecule has 0 radical (unpaired) electrons. The summed E-state index contributed by atoms with van der Waals surface area (Å²) in [7, 11) is 2.16. The van der Waals surface area contributed by atoms with Crippen molar-refractivity contribution < 1.29 is 4.42 Å². The Morgan fingerprint density at radius 3 is 3.23 bits per heavy atom. The zero-order valence-electron chi connectivity index (χ0n) is 7.99. The first-order valence-corrected chi connectivity index (χ1v) is 4.79. The van der Waals surface area contributed by atoms with Crippen molar-refractivity contribution in [3.05, 3.63) is 24.2 Å². The molecule has 3 heteroatoms. The van der Waals surface area contributed by atoms with Gasteiger partial charge in [0.25, 0.3) is 0 Å². The van der Waals surface area contributed by atoms with E-state index in [-0.39, 0.29) is 0 Å². The van der Waals surface area contributed by atoms with Gasteiger partial charge in [-0.15, -0.1) is 0 Å². The fraction of sp³-hybridized carbons (Fsp3) is 0.600. The minimum Gasteiger partial charge on any atom is -0.468 e. The summed E-state index contributed by atoms with van der Waals surface area (Å²) in [5.74, 6) is 1.02. The van der Waals surface area contributed by atoms with Crippen molar-refractivity contribution in [2.75, 3.05) is 20.1 Å². The second-order valence-electron chi connectivity index (χ2n) is 3.71. The van der Waals surface area contributed by atoms with Crippen molar-refractivity contribution in [2.45, 2.75) is 19.0 Å². The topological polar surface area (TPSA) is 28.4 Å². The van der Waals surface area contributed by atoms with Gasteiger partial charge in [0.05, 0.1) is 12.8 Å². The second-order valence-corrected chi connectivity index (χ2v) is 3.71. The standard InChI is InChI=1S/C10H16N2O/c1-12-5-4-9(8-12)11-7-10-3-2-6-13-10/h2-3,6,9,11H,4-5,7-8H2,1H3/t9-/m0/s1. The average molecular weight is 180 g/mol. The quantitative estimate of drug-likeness (QED) is 0.754. The molecule has 2 heterocycles. The normalized spacial score (nSPS) is 23.9. The highest BCUT2D eigenvalue weighted by atomic mass is 16.3. The maximum absolute atomic E-state index is 5.24. The number of hydrogen-bond acceptors (Lipinski definition) is 3. The minimum atomic E-state index is 0.634. The molecule has 0 saturated carbocycles. The lowest BCUT2D eigenvalue weighted by atomic mass is 10.2. The first kappa shape index (κ1) is 8.78. The van der Waals surface area contributed by atoms with Crippen molar-refractivity contribution >= 4 is 0 Å². The van der Waals surface area contributed by atoms with Crippen LogP contribution in [0, 0.1) is 0 Å². The molecule has 72 valence electrons. The number of furan rings is 1. The van der Waals surface area contributed by atoms with E-state index < -0.39 is 0 Å². The maximum Gasteiger partial charge on any atom is 0.117 e. The lowest BCUT2D eigenvalue weighted by Crippen LogP contribution is -2.30. The van der Waals surface area contributed by atoms with Crippen LogP contribution in [-0.4, -0.2) is 31.1 Å². The number of hydrogen-bond donors (Lipinski definition) is 1. The lowest BCUT2D eigenvalue weighted by molar-refractivity contribution is 0.390. The van der Waals surface area contributed by atoms with E-state index in [9.17, 15) is 0 Å². The third kappa shape index (κ3) is 2.32. The van der Waals surface area contributed by atoms with E-state index in [0.717, 1.165) is 18.8 Å². The van der Waals surface area contributed by atoms with Crippen LogP contribution in [0.2, 0.25) is 0 Å². The van der Waals surface area contributed by atoms with Gasteiger partial charge in [0.2, 0.25) is 0 Å². The molecule has 0 spiro atoms. The lowest BCUT2D eigenvalue weighted by Gasteiger charge is -2.11. The van der Waals surface area contributed by atoms with Crippen LogP contribution in [0.4, 0.5) is 0 Å². The molecule has 1 N–H and O–H groups in total. The molecule has 0 unspecified atom stereocenters. The van der Waals surface area contributed by atoms with E-state index in [1.165, 1.54) is 13.0 Å². The highest BCUT2D eigenvalue weighted by Crippen LogP contribution is 2.07. The van der Waals surface area contributed by atoms with E-state index in [4.69, 9.17) is 4.42 Å². The molecule has 0 aromatic carbocycles. The van der Waals surface area contributed by atoms with Gasteiger partial charge in [0, 0.05) is 12.6 Å². The number of nitrogens with one attached hydrogen (secondary N) is 1. The van der Waals surface area contributed by atoms with Crippen LogP contribution in [0.5, 0.6) is 0 Å². The predicted octanol–water partition coefficient (Wildman–Crippen LogP) is 1.07. The van der Waals surface area contributed by atoms with Gasteiger partial charge in [-0.05, 0) is 32.1 Å². The molecule has 1 aliphatic rings. The summed E-state index contributed by atoms with van der Waals surface area (Å²) in [5.41, 5.74) is 0. The molecule has 1 fully saturated rings. The molecule has 3 nitrogen and oxygen atoms in total. The van der Waals surface area contributed by atoms with E-state index in [1.54, 1.807) is 6.26 Å². The van der Waals surface area contributed by atoms with Gasteiger partial charge in [-0.2, -0.15) is 0 Å². The molecule has 0 amide bonds. The monoisotopic (exact) mass is 180 g/mol. The SMILES string of the molecule is CN1CC[C@H](NCc2ccco2)C1. The summed E-state index contributed by atoms with van der Waals surface area (Å²) in [6.07, 6.45) is 2.97. The Balaban J connectivity index is 1.74. The summed E-state index contributed by atoms with van der Waals surface area (Å²) in [6, 6.07) is 4.57. The Morgan fingerprint density at radius 1 is 1.69 bits per heavy atom. The van der Waals surface area contributed by atoms with Crippen LogP contribution < -0.4 is 5.32 Å². The number of likely N-dealkylation sites (tertiary alicyclic amines) is 1. The molecule has 1 aliphatic heterocycles. The summed E-state index contributed by atoms with van der Waals surface area (Å²) < 4.78 is 5.24. The zero-order valence-corrected chi connectivity index (χ0v) is 7.99. The first-order chi connectivity index (χ1) is 6.34. The number of likely N-dealkylation sites (N-methyl/N-ethyl adjacent to an activating group) is 1. The van der Waals surface area contributed by atoms with Crippen LogP contribution in [0.25, 0.3) is 0 Å². The molecule has 2 rings (SSSR count). The van der Waals surface area contributed by atoms with Gasteiger partial charge in [0.15, 0.2) is 0 Å². The van der Waals surface area contributed by atoms with Crippen LogP contribution in [-0.2, 0) is 6.54 Å². The molecule has 1 saturated heterocycles. The van der Waals surface area contributed by atoms with Gasteiger partial charge in [-0.3, -0.25) is 0 Å². The van der Waals surface area contributed by atoms with Gasteiger partial charge in [0.1, 0.15) is 5.76 Å². The summed E-state index contributed by atoms with van der Waals surface area (Å²) in [4.78, 5) is 2.35. The Bertz CT molecular complexity index is 245. The molecule has 1 atom stereocenters. The fourth-order valence-electron chi connectivity index (χ4n) is 1.76. The van der Waals surface area contributed by atoms with E-state index in [1.807, 2.05) is 12.1 Å². The third-order valence-corrected chi connectivity index (χ3v) is 2.54. The van der Waals surface area contributed by atoms with E-state index in [2.05, 4.69) is 17.3 Å². The highest BCUT2D eigenvalue weighted by molar-refractivity contribution is 4.98. The molecule has 1 aromatic heterocycles. The Morgan fingerprint density at radius 2 is 2.62 bits per heavy atom. The highest BCUT2D eigenvalue weighted by Gasteiger charge is 2.18. The van der Waals surface area contributed by atoms with Crippen LogP contribution >= 0.6 is 0 Å². The van der Waals surface area contributed by atoms with Gasteiger partial charge in [-0.25, -0.2) is 0 Å². The fourth-order valence-corrected chi connectivity index (χ4v) is 1.76. The van der Waals surface area contributed by atoms with Crippen LogP contribution in [0.15, 0.2) is 22.8 Å². The Kier molecular flexibility index (Phi) is 2.66. The van der Waals surface area contributed by atoms with Crippen molar-refractivity contribution in [3.8, 4) is 0 Å². The summed E-state index contributed by atoms with van der Waals surface area (Å²) in [5, 5.41) is 3.48. The molecular weight excluding hydrogens is 164 g/mol. The minimum absolute atomic E-state index is 0.634. The van der Waals surface area contributed by atoms with Crippen molar-refractivity contribution in [3.63, 3.8) is 0 Å². The van der Waals surface area contributed by atoms with Crippen molar-refractivity contribution in [2.24, 2.45) is 0 Å². The average Bonchev–Trinajstić information content (AvgIpc) is 2.71. The maximum atomic E-state index is 5.24. The Labute approximate surface area is 78.7 Å². The number of rotatable bonds is 3. The first-order valence-electron chi connectivity index (χ1n) is 4.79. The van der Waals surface area contributed by atoms with E-state index >= 15 is 0 Å². The summed E-state index contributed by atoms with van der Waals surface area (Å²) >= 11 is 0.